The van der Waals surface area contributed by atoms with Gasteiger partial charge in [-0.3, -0.25) is 9.69 Å². The van der Waals surface area contributed by atoms with Gasteiger partial charge in [0.25, 0.3) is 5.91 Å². The quantitative estimate of drug-likeness (QED) is 0.623. The van der Waals surface area contributed by atoms with Crippen molar-refractivity contribution in [1.82, 2.24) is 24.6 Å². The van der Waals surface area contributed by atoms with Gasteiger partial charge >= 0.3 is 6.18 Å². The summed E-state index contributed by atoms with van der Waals surface area (Å²) in [5.41, 5.74) is 1.67. The van der Waals surface area contributed by atoms with E-state index in [4.69, 9.17) is 0 Å². The third kappa shape index (κ3) is 6.82. The number of hydrogen-bond donors (Lipinski definition) is 0. The molecule has 10 heteroatoms. The van der Waals surface area contributed by atoms with Gasteiger partial charge in [-0.25, -0.2) is 9.67 Å². The molecule has 158 valence electrons. The van der Waals surface area contributed by atoms with Crippen LogP contribution >= 0.6 is 0 Å². The van der Waals surface area contributed by atoms with E-state index < -0.39 is 12.8 Å². The second-order valence-corrected chi connectivity index (χ2v) is 6.95. The minimum Gasteiger partial charge on any atom is -0.372 e. The Morgan fingerprint density at radius 2 is 1.83 bits per heavy atom. The number of benzene rings is 1. The summed E-state index contributed by atoms with van der Waals surface area (Å²) in [6.07, 6.45) is -0.619. The van der Waals surface area contributed by atoms with Crippen molar-refractivity contribution in [2.45, 2.75) is 19.1 Å². The van der Waals surface area contributed by atoms with Gasteiger partial charge in [-0.2, -0.15) is 18.3 Å². The van der Waals surface area contributed by atoms with Crippen molar-refractivity contribution in [3.63, 3.8) is 0 Å². The van der Waals surface area contributed by atoms with Crippen LogP contribution in [-0.2, 0) is 11.3 Å². The van der Waals surface area contributed by atoms with Crippen molar-refractivity contribution >= 4 is 5.91 Å². The Hall–Kier alpha value is -2.46. The summed E-state index contributed by atoms with van der Waals surface area (Å²) in [7, 11) is 0. The maximum atomic E-state index is 12.7. The van der Waals surface area contributed by atoms with Crippen LogP contribution in [0.2, 0.25) is 0 Å². The predicted molar refractivity (Wildman–Crippen MR) is 99.4 cm³/mol. The molecule has 0 radical (unpaired) electrons. The van der Waals surface area contributed by atoms with Crippen LogP contribution in [0.3, 0.4) is 0 Å². The molecule has 0 atom stereocenters. The lowest BCUT2D eigenvalue weighted by molar-refractivity contribution is -0.174. The molecule has 7 nitrogen and oxygen atoms in total. The molecule has 1 aromatic heterocycles. The maximum Gasteiger partial charge on any atom is 0.411 e. The molecule has 2 heterocycles. The molecule has 0 saturated carbocycles. The van der Waals surface area contributed by atoms with Gasteiger partial charge in [0.1, 0.15) is 19.3 Å². The van der Waals surface area contributed by atoms with Gasteiger partial charge in [0.05, 0.1) is 6.54 Å². The zero-order valence-corrected chi connectivity index (χ0v) is 16.0. The summed E-state index contributed by atoms with van der Waals surface area (Å²) in [4.78, 5) is 20.5. The largest absolute Gasteiger partial charge is 0.411 e. The third-order valence-corrected chi connectivity index (χ3v) is 4.70. The van der Waals surface area contributed by atoms with Crippen molar-refractivity contribution in [3.05, 3.63) is 48.0 Å². The van der Waals surface area contributed by atoms with Crippen LogP contribution in [0.15, 0.2) is 36.9 Å². The Balaban J connectivity index is 1.38. The second kappa shape index (κ2) is 9.84. The van der Waals surface area contributed by atoms with Gasteiger partial charge in [-0.15, -0.1) is 0 Å². The molecule has 29 heavy (non-hydrogen) atoms. The standard InChI is InChI=1S/C19H24F3N5O2/c20-19(21,22)13-29-11-1-6-25-7-9-26(10-8-25)18(28)17-4-2-16(3-5-17)12-27-15-23-14-24-27/h2-5,14-15H,1,6-13H2. The van der Waals surface area contributed by atoms with Crippen molar-refractivity contribution < 1.29 is 22.7 Å². The summed E-state index contributed by atoms with van der Waals surface area (Å²) >= 11 is 0. The Morgan fingerprint density at radius 3 is 2.45 bits per heavy atom. The van der Waals surface area contributed by atoms with Crippen molar-refractivity contribution in [2.75, 3.05) is 45.9 Å². The number of ether oxygens (including phenoxy) is 1. The van der Waals surface area contributed by atoms with Gasteiger partial charge in [-0.05, 0) is 24.1 Å². The lowest BCUT2D eigenvalue weighted by Crippen LogP contribution is -2.49. The molecule has 0 aliphatic carbocycles. The van der Waals surface area contributed by atoms with Gasteiger partial charge in [0, 0.05) is 44.9 Å². The van der Waals surface area contributed by atoms with E-state index in [2.05, 4.69) is 19.7 Å². The molecular formula is C19H24F3N5O2. The maximum absolute atomic E-state index is 12.7. The summed E-state index contributed by atoms with van der Waals surface area (Å²) < 4.78 is 42.4. The van der Waals surface area contributed by atoms with E-state index in [1.165, 1.54) is 6.33 Å². The fraction of sp³-hybridized carbons (Fsp3) is 0.526. The van der Waals surface area contributed by atoms with Gasteiger partial charge in [0.15, 0.2) is 0 Å². The molecule has 1 aliphatic heterocycles. The molecule has 0 spiro atoms. The Bertz CT molecular complexity index is 757. The van der Waals surface area contributed by atoms with Crippen molar-refractivity contribution in [1.29, 1.82) is 0 Å². The molecule has 1 fully saturated rings. The van der Waals surface area contributed by atoms with Crippen LogP contribution < -0.4 is 0 Å². The number of hydrogen-bond acceptors (Lipinski definition) is 5. The lowest BCUT2D eigenvalue weighted by Gasteiger charge is -2.34. The van der Waals surface area contributed by atoms with E-state index in [1.807, 2.05) is 29.2 Å². The Labute approximate surface area is 167 Å². The molecule has 1 amide bonds. The number of alkyl halides is 3. The van der Waals surface area contributed by atoms with Crippen molar-refractivity contribution in [3.8, 4) is 0 Å². The third-order valence-electron chi connectivity index (χ3n) is 4.70. The molecule has 1 aromatic carbocycles. The van der Waals surface area contributed by atoms with E-state index in [0.29, 0.717) is 51.3 Å². The van der Waals surface area contributed by atoms with E-state index in [-0.39, 0.29) is 12.5 Å². The van der Waals surface area contributed by atoms with Crippen LogP contribution in [0.1, 0.15) is 22.3 Å². The fourth-order valence-corrected chi connectivity index (χ4v) is 3.19. The zero-order valence-electron chi connectivity index (χ0n) is 16.0. The number of carbonyl (C=O) groups excluding carboxylic acids is 1. The molecule has 0 bridgehead atoms. The number of amides is 1. The van der Waals surface area contributed by atoms with Crippen LogP contribution in [0, 0.1) is 0 Å². The highest BCUT2D eigenvalue weighted by Gasteiger charge is 2.27. The zero-order chi connectivity index (χ0) is 20.7. The first kappa shape index (κ1) is 21.3. The summed E-state index contributed by atoms with van der Waals surface area (Å²) in [5.74, 6) is -0.00883. The summed E-state index contributed by atoms with van der Waals surface area (Å²) in [6.45, 7) is 2.75. The van der Waals surface area contributed by atoms with Gasteiger partial charge in [-0.1, -0.05) is 12.1 Å². The average Bonchev–Trinajstić information content (AvgIpc) is 3.20. The topological polar surface area (TPSA) is 63.5 Å². The van der Waals surface area contributed by atoms with Crippen LogP contribution in [0.25, 0.3) is 0 Å². The number of carbonyl (C=O) groups is 1. The highest BCUT2D eigenvalue weighted by atomic mass is 19.4. The van der Waals surface area contributed by atoms with E-state index in [0.717, 1.165) is 5.56 Å². The SMILES string of the molecule is O=C(c1ccc(Cn2cncn2)cc1)N1CCN(CCCOCC(F)(F)F)CC1. The van der Waals surface area contributed by atoms with E-state index in [1.54, 1.807) is 11.0 Å². The van der Waals surface area contributed by atoms with Crippen LogP contribution in [0.5, 0.6) is 0 Å². The Kier molecular flexibility index (Phi) is 7.21. The molecular weight excluding hydrogens is 387 g/mol. The minimum absolute atomic E-state index is 0.00883. The number of piperazine rings is 1. The first-order valence-corrected chi connectivity index (χ1v) is 9.48. The summed E-state index contributed by atoms with van der Waals surface area (Å²) in [5, 5.41) is 4.06. The number of nitrogens with zero attached hydrogens (tertiary/aromatic N) is 5. The number of rotatable bonds is 8. The highest BCUT2D eigenvalue weighted by Crippen LogP contribution is 2.15. The average molecular weight is 411 g/mol. The highest BCUT2D eigenvalue weighted by molar-refractivity contribution is 5.94. The Morgan fingerprint density at radius 1 is 1.10 bits per heavy atom. The van der Waals surface area contributed by atoms with Crippen LogP contribution in [0.4, 0.5) is 13.2 Å². The molecule has 1 saturated heterocycles. The summed E-state index contributed by atoms with van der Waals surface area (Å²) in [6, 6.07) is 7.45. The number of aromatic nitrogens is 3. The fourth-order valence-electron chi connectivity index (χ4n) is 3.19. The van der Waals surface area contributed by atoms with Crippen LogP contribution in [-0.4, -0.2) is 82.6 Å². The first-order chi connectivity index (χ1) is 13.9. The first-order valence-electron chi connectivity index (χ1n) is 9.48. The van der Waals surface area contributed by atoms with Crippen molar-refractivity contribution in [2.24, 2.45) is 0 Å². The van der Waals surface area contributed by atoms with E-state index >= 15 is 0 Å². The monoisotopic (exact) mass is 411 g/mol. The molecule has 0 unspecified atom stereocenters. The molecule has 3 rings (SSSR count). The molecule has 1 aliphatic rings. The number of halogens is 3. The predicted octanol–water partition coefficient (Wildman–Crippen LogP) is 2.05. The molecule has 0 N–H and O–H groups in total. The van der Waals surface area contributed by atoms with E-state index in [9.17, 15) is 18.0 Å². The molecule has 2 aromatic rings. The minimum atomic E-state index is -4.28. The lowest BCUT2D eigenvalue weighted by atomic mass is 10.1. The van der Waals surface area contributed by atoms with Gasteiger partial charge in [0.2, 0.25) is 0 Å². The smallest absolute Gasteiger partial charge is 0.372 e. The normalized spacial score (nSPS) is 15.6. The second-order valence-electron chi connectivity index (χ2n) is 6.95. The van der Waals surface area contributed by atoms with Gasteiger partial charge < -0.3 is 9.64 Å².